The van der Waals surface area contributed by atoms with Gasteiger partial charge in [0.05, 0.1) is 4.92 Å². The molecule has 1 heterocycles. The van der Waals surface area contributed by atoms with Crippen LogP contribution in [0.3, 0.4) is 0 Å². The molecule has 1 aromatic heterocycles. The summed E-state index contributed by atoms with van der Waals surface area (Å²) in [5.41, 5.74) is 5.22. The Morgan fingerprint density at radius 2 is 2.19 bits per heavy atom. The fourth-order valence-electron chi connectivity index (χ4n) is 1.55. The van der Waals surface area contributed by atoms with Crippen LogP contribution in [-0.4, -0.2) is 21.0 Å². The molecule has 0 atom stereocenters. The lowest BCUT2D eigenvalue weighted by Crippen LogP contribution is -2.16. The van der Waals surface area contributed by atoms with Gasteiger partial charge in [0.25, 0.3) is 0 Å². The second kappa shape index (κ2) is 6.06. The standard InChI is InChI=1S/C12H9ClN4O4/c13-7-3-4-9(8(6-7)17(19)20)21-10-2-1-5-15-11(10)12(14)16-18/h1-6,18H,(H2,14,16). The quantitative estimate of drug-likeness (QED) is 0.294. The number of nitro benzene ring substituents is 1. The van der Waals surface area contributed by atoms with Crippen LogP contribution in [0.2, 0.25) is 5.02 Å². The van der Waals surface area contributed by atoms with Crippen molar-refractivity contribution in [1.29, 1.82) is 0 Å². The first-order chi connectivity index (χ1) is 10.0. The Morgan fingerprint density at radius 3 is 2.86 bits per heavy atom. The zero-order chi connectivity index (χ0) is 15.4. The number of rotatable bonds is 4. The monoisotopic (exact) mass is 308 g/mol. The van der Waals surface area contributed by atoms with Gasteiger partial charge in [-0.2, -0.15) is 0 Å². The molecule has 0 amide bonds. The van der Waals surface area contributed by atoms with E-state index in [2.05, 4.69) is 10.1 Å². The summed E-state index contributed by atoms with van der Waals surface area (Å²) in [7, 11) is 0. The van der Waals surface area contributed by atoms with Crippen LogP contribution in [0.1, 0.15) is 5.69 Å². The van der Waals surface area contributed by atoms with Crippen molar-refractivity contribution >= 4 is 23.1 Å². The number of nitrogens with zero attached hydrogens (tertiary/aromatic N) is 3. The maximum Gasteiger partial charge on any atom is 0.313 e. The second-order valence-electron chi connectivity index (χ2n) is 3.81. The molecule has 9 heteroatoms. The minimum absolute atomic E-state index is 0.0376. The van der Waals surface area contributed by atoms with Gasteiger partial charge in [-0.15, -0.1) is 0 Å². The molecule has 1 aromatic carbocycles. The summed E-state index contributed by atoms with van der Waals surface area (Å²) in [5.74, 6) is -0.204. The molecule has 3 N–H and O–H groups in total. The van der Waals surface area contributed by atoms with E-state index in [0.29, 0.717) is 0 Å². The van der Waals surface area contributed by atoms with Crippen molar-refractivity contribution < 1.29 is 14.9 Å². The van der Waals surface area contributed by atoms with Crippen LogP contribution in [0, 0.1) is 10.1 Å². The van der Waals surface area contributed by atoms with Gasteiger partial charge in [-0.1, -0.05) is 16.8 Å². The van der Waals surface area contributed by atoms with Crippen LogP contribution in [0.5, 0.6) is 11.5 Å². The summed E-state index contributed by atoms with van der Waals surface area (Å²) in [4.78, 5) is 14.3. The molecular formula is C12H9ClN4O4. The molecule has 0 spiro atoms. The molecule has 0 aliphatic heterocycles. The van der Waals surface area contributed by atoms with Gasteiger partial charge in [-0.3, -0.25) is 10.1 Å². The molecule has 21 heavy (non-hydrogen) atoms. The topological polar surface area (TPSA) is 124 Å². The Hall–Kier alpha value is -2.87. The van der Waals surface area contributed by atoms with Gasteiger partial charge in [0.1, 0.15) is 0 Å². The molecule has 2 aromatic rings. The molecule has 0 aliphatic rings. The number of hydrogen-bond acceptors (Lipinski definition) is 6. The summed E-state index contributed by atoms with van der Waals surface area (Å²) in [5, 5.41) is 22.7. The molecule has 0 fully saturated rings. The number of ether oxygens (including phenoxy) is 1. The molecular weight excluding hydrogens is 300 g/mol. The predicted molar refractivity (Wildman–Crippen MR) is 74.9 cm³/mol. The number of hydrogen-bond donors (Lipinski definition) is 2. The van der Waals surface area contributed by atoms with Gasteiger partial charge in [0.15, 0.2) is 17.3 Å². The Balaban J connectivity index is 2.46. The van der Waals surface area contributed by atoms with Crippen molar-refractivity contribution in [2.45, 2.75) is 0 Å². The molecule has 0 radical (unpaired) electrons. The third-order valence-corrected chi connectivity index (χ3v) is 2.69. The van der Waals surface area contributed by atoms with Crippen LogP contribution >= 0.6 is 11.6 Å². The first-order valence-corrected chi connectivity index (χ1v) is 5.95. The normalized spacial score (nSPS) is 11.2. The molecule has 8 nitrogen and oxygen atoms in total. The maximum atomic E-state index is 11.0. The third-order valence-electron chi connectivity index (χ3n) is 2.46. The number of amidine groups is 1. The average molecular weight is 309 g/mol. The lowest BCUT2D eigenvalue weighted by atomic mass is 10.2. The van der Waals surface area contributed by atoms with E-state index in [1.165, 1.54) is 24.4 Å². The zero-order valence-electron chi connectivity index (χ0n) is 10.4. The van der Waals surface area contributed by atoms with E-state index in [-0.39, 0.29) is 33.7 Å². The van der Waals surface area contributed by atoms with Gasteiger partial charge in [0.2, 0.25) is 5.75 Å². The highest BCUT2D eigenvalue weighted by atomic mass is 35.5. The second-order valence-corrected chi connectivity index (χ2v) is 4.24. The van der Waals surface area contributed by atoms with Crippen molar-refractivity contribution in [3.63, 3.8) is 0 Å². The average Bonchev–Trinajstić information content (AvgIpc) is 2.48. The molecule has 0 saturated heterocycles. The van der Waals surface area contributed by atoms with Crippen LogP contribution in [0.15, 0.2) is 41.7 Å². The lowest BCUT2D eigenvalue weighted by molar-refractivity contribution is -0.385. The lowest BCUT2D eigenvalue weighted by Gasteiger charge is -2.09. The number of oxime groups is 1. The number of pyridine rings is 1. The number of aromatic nitrogens is 1. The Morgan fingerprint density at radius 1 is 1.43 bits per heavy atom. The van der Waals surface area contributed by atoms with Gasteiger partial charge in [0, 0.05) is 17.3 Å². The predicted octanol–water partition coefficient (Wildman–Crippen LogP) is 2.53. The fraction of sp³-hybridized carbons (Fsp3) is 0. The highest BCUT2D eigenvalue weighted by Crippen LogP contribution is 2.34. The van der Waals surface area contributed by atoms with Gasteiger partial charge >= 0.3 is 5.69 Å². The van der Waals surface area contributed by atoms with E-state index in [1.54, 1.807) is 6.07 Å². The zero-order valence-corrected chi connectivity index (χ0v) is 11.2. The van der Waals surface area contributed by atoms with Crippen LogP contribution in [0.4, 0.5) is 5.69 Å². The molecule has 2 rings (SSSR count). The minimum Gasteiger partial charge on any atom is -0.448 e. The third kappa shape index (κ3) is 3.18. The Bertz CT molecular complexity index is 720. The molecule has 0 aliphatic carbocycles. The maximum absolute atomic E-state index is 11.0. The van der Waals surface area contributed by atoms with E-state index < -0.39 is 4.92 Å². The van der Waals surface area contributed by atoms with Crippen molar-refractivity contribution in [3.8, 4) is 11.5 Å². The SMILES string of the molecule is N/C(=N/O)c1ncccc1Oc1ccc(Cl)cc1[N+](=O)[O-]. The van der Waals surface area contributed by atoms with Crippen LogP contribution in [0.25, 0.3) is 0 Å². The smallest absolute Gasteiger partial charge is 0.313 e. The fourth-order valence-corrected chi connectivity index (χ4v) is 1.72. The molecule has 0 saturated carbocycles. The van der Waals surface area contributed by atoms with E-state index in [0.717, 1.165) is 6.07 Å². The molecule has 0 unspecified atom stereocenters. The van der Waals surface area contributed by atoms with E-state index in [9.17, 15) is 10.1 Å². The molecule has 108 valence electrons. The summed E-state index contributed by atoms with van der Waals surface area (Å²) < 4.78 is 5.45. The number of benzene rings is 1. The van der Waals surface area contributed by atoms with Crippen LogP contribution in [-0.2, 0) is 0 Å². The van der Waals surface area contributed by atoms with E-state index in [4.69, 9.17) is 27.3 Å². The first kappa shape index (κ1) is 14.5. The molecule has 0 bridgehead atoms. The minimum atomic E-state index is -0.624. The number of nitro groups is 1. The van der Waals surface area contributed by atoms with E-state index >= 15 is 0 Å². The first-order valence-electron chi connectivity index (χ1n) is 5.57. The van der Waals surface area contributed by atoms with E-state index in [1.807, 2.05) is 0 Å². The van der Waals surface area contributed by atoms with Crippen molar-refractivity contribution in [3.05, 3.63) is 57.4 Å². The van der Waals surface area contributed by atoms with Gasteiger partial charge < -0.3 is 15.7 Å². The summed E-state index contributed by atoms with van der Waals surface area (Å²) in [6.07, 6.45) is 1.41. The highest BCUT2D eigenvalue weighted by Gasteiger charge is 2.19. The van der Waals surface area contributed by atoms with Crippen molar-refractivity contribution in [2.75, 3.05) is 0 Å². The summed E-state index contributed by atoms with van der Waals surface area (Å²) in [6, 6.07) is 6.99. The van der Waals surface area contributed by atoms with Crippen LogP contribution < -0.4 is 10.5 Å². The summed E-state index contributed by atoms with van der Waals surface area (Å²) >= 11 is 5.72. The van der Waals surface area contributed by atoms with Gasteiger partial charge in [-0.25, -0.2) is 4.98 Å². The largest absolute Gasteiger partial charge is 0.448 e. The van der Waals surface area contributed by atoms with Crippen molar-refractivity contribution in [1.82, 2.24) is 4.98 Å². The Kier molecular flexibility index (Phi) is 4.19. The van der Waals surface area contributed by atoms with Gasteiger partial charge in [-0.05, 0) is 24.3 Å². The Labute approximate surface area is 123 Å². The summed E-state index contributed by atoms with van der Waals surface area (Å²) in [6.45, 7) is 0. The highest BCUT2D eigenvalue weighted by molar-refractivity contribution is 6.30. The number of halogens is 1. The van der Waals surface area contributed by atoms with Crippen molar-refractivity contribution in [2.24, 2.45) is 10.9 Å². The number of nitrogens with two attached hydrogens (primary N) is 1.